The molecular weight excluding hydrogens is 533 g/mol. The number of anilines is 1. The van der Waals surface area contributed by atoms with Crippen molar-refractivity contribution in [3.05, 3.63) is 57.7 Å². The van der Waals surface area contributed by atoms with Gasteiger partial charge in [-0.1, -0.05) is 35.3 Å². The zero-order chi connectivity index (χ0) is 25.9. The van der Waals surface area contributed by atoms with Gasteiger partial charge in [-0.25, -0.2) is 23.1 Å². The number of benzene rings is 1. The van der Waals surface area contributed by atoms with Crippen molar-refractivity contribution in [1.82, 2.24) is 20.1 Å². The highest BCUT2D eigenvalue weighted by Crippen LogP contribution is 2.44. The third-order valence-electron chi connectivity index (χ3n) is 8.51. The number of pyridine rings is 1. The number of aromatic nitrogens is 1. The number of nitrogens with zero attached hydrogens (tertiary/aromatic N) is 3. The second kappa shape index (κ2) is 9.62. The molecule has 5 atom stereocenters. The molecule has 11 heteroatoms. The predicted octanol–water partition coefficient (Wildman–Crippen LogP) is 3.93. The van der Waals surface area contributed by atoms with Crippen molar-refractivity contribution < 1.29 is 13.2 Å². The fourth-order valence-corrected chi connectivity index (χ4v) is 8.28. The van der Waals surface area contributed by atoms with Gasteiger partial charge in [0.2, 0.25) is 10.0 Å². The average molecular weight is 567 g/mol. The molecule has 4 unspecified atom stereocenters. The number of sulfonamides is 1. The van der Waals surface area contributed by atoms with Crippen LogP contribution in [0, 0.1) is 11.3 Å². The zero-order valence-corrected chi connectivity index (χ0v) is 23.4. The molecule has 1 spiro atoms. The van der Waals surface area contributed by atoms with E-state index in [4.69, 9.17) is 32.9 Å². The predicted molar refractivity (Wildman–Crippen MR) is 145 cm³/mol. The first-order valence-electron chi connectivity index (χ1n) is 12.9. The lowest BCUT2D eigenvalue weighted by Gasteiger charge is -2.59. The van der Waals surface area contributed by atoms with E-state index in [-0.39, 0.29) is 23.7 Å². The highest BCUT2D eigenvalue weighted by Gasteiger charge is 2.54. The lowest BCUT2D eigenvalue weighted by Crippen LogP contribution is -2.73. The molecule has 3 aliphatic heterocycles. The van der Waals surface area contributed by atoms with Gasteiger partial charge in [0.1, 0.15) is 5.82 Å². The topological polar surface area (TPSA) is 86.8 Å². The third-order valence-corrected chi connectivity index (χ3v) is 10.4. The number of rotatable bonds is 6. The molecule has 1 aromatic heterocycles. The average Bonchev–Trinajstić information content (AvgIpc) is 3.20. The van der Waals surface area contributed by atoms with Crippen molar-refractivity contribution in [3.63, 3.8) is 0 Å². The maximum Gasteiger partial charge on any atom is 0.211 e. The van der Waals surface area contributed by atoms with E-state index in [1.165, 1.54) is 6.26 Å². The summed E-state index contributed by atoms with van der Waals surface area (Å²) in [6, 6.07) is 10.4. The number of hydrazine groups is 1. The first-order valence-corrected chi connectivity index (χ1v) is 15.5. The lowest BCUT2D eigenvalue weighted by atomic mass is 9.74. The largest absolute Gasteiger partial charge is 0.370 e. The smallest absolute Gasteiger partial charge is 0.211 e. The van der Waals surface area contributed by atoms with Gasteiger partial charge in [0, 0.05) is 59.4 Å². The summed E-state index contributed by atoms with van der Waals surface area (Å²) in [5.41, 5.74) is 9.10. The molecule has 0 bridgehead atoms. The van der Waals surface area contributed by atoms with Gasteiger partial charge in [-0.2, -0.15) is 0 Å². The molecule has 3 saturated heterocycles. The second-order valence-corrected chi connectivity index (χ2v) is 14.0. The van der Waals surface area contributed by atoms with Crippen LogP contribution in [0.2, 0.25) is 10.0 Å². The Balaban J connectivity index is 1.07. The Labute approximate surface area is 228 Å². The van der Waals surface area contributed by atoms with E-state index < -0.39 is 10.0 Å². The number of fused-ring (bicyclic) bond motifs is 1. The third kappa shape index (κ3) is 4.88. The van der Waals surface area contributed by atoms with Crippen molar-refractivity contribution >= 4 is 39.0 Å². The number of hydrogen-bond donors (Lipinski definition) is 2. The minimum atomic E-state index is -3.08. The summed E-state index contributed by atoms with van der Waals surface area (Å²) in [6.45, 7) is 4.96. The molecule has 1 aromatic carbocycles. The Bertz CT molecular complexity index is 1240. The minimum Gasteiger partial charge on any atom is -0.370 e. The highest BCUT2D eigenvalue weighted by atomic mass is 35.5. The van der Waals surface area contributed by atoms with E-state index in [0.29, 0.717) is 35.1 Å². The van der Waals surface area contributed by atoms with Crippen molar-refractivity contribution in [2.24, 2.45) is 11.3 Å². The molecule has 4 aliphatic rings. The fraction of sp³-hybridized carbons (Fsp3) is 0.577. The molecule has 200 valence electrons. The molecule has 1 aliphatic carbocycles. The Morgan fingerprint density at radius 3 is 2.46 bits per heavy atom. The van der Waals surface area contributed by atoms with Gasteiger partial charge in [-0.15, -0.1) is 0 Å². The maximum atomic E-state index is 11.7. The molecule has 2 N–H and O–H groups in total. The molecule has 4 heterocycles. The Morgan fingerprint density at radius 2 is 1.81 bits per heavy atom. The quantitative estimate of drug-likeness (QED) is 0.548. The number of ether oxygens (including phenoxy) is 1. The van der Waals surface area contributed by atoms with Gasteiger partial charge in [0.25, 0.3) is 0 Å². The van der Waals surface area contributed by atoms with Gasteiger partial charge in [-0.3, -0.25) is 5.43 Å². The lowest BCUT2D eigenvalue weighted by molar-refractivity contribution is -0.0369. The normalized spacial score (nSPS) is 30.0. The summed E-state index contributed by atoms with van der Waals surface area (Å²) in [4.78, 5) is 7.00. The Hall–Kier alpha value is -1.46. The first kappa shape index (κ1) is 25.8. The Morgan fingerprint density at radius 1 is 1.08 bits per heavy atom. The maximum absolute atomic E-state index is 11.7. The first-order chi connectivity index (χ1) is 17.6. The van der Waals surface area contributed by atoms with Crippen molar-refractivity contribution in [2.75, 3.05) is 37.3 Å². The van der Waals surface area contributed by atoms with E-state index >= 15 is 0 Å². The summed E-state index contributed by atoms with van der Waals surface area (Å²) in [5, 5.41) is 1.28. The summed E-state index contributed by atoms with van der Waals surface area (Å²) < 4.78 is 31.4. The second-order valence-electron chi connectivity index (χ2n) is 11.2. The van der Waals surface area contributed by atoms with E-state index in [1.807, 2.05) is 31.3 Å². The molecule has 0 amide bonds. The molecule has 0 radical (unpaired) electrons. The van der Waals surface area contributed by atoms with Crippen molar-refractivity contribution in [3.8, 4) is 0 Å². The van der Waals surface area contributed by atoms with Gasteiger partial charge < -0.3 is 9.64 Å². The van der Waals surface area contributed by atoms with Gasteiger partial charge in [-0.05, 0) is 55.9 Å². The summed E-state index contributed by atoms with van der Waals surface area (Å²) in [5.74, 6) is 1.34. The monoisotopic (exact) mass is 565 g/mol. The minimum absolute atomic E-state index is 0.0933. The van der Waals surface area contributed by atoms with Crippen LogP contribution in [0.1, 0.15) is 49.5 Å². The molecule has 8 nitrogen and oxygen atoms in total. The van der Waals surface area contributed by atoms with E-state index in [1.54, 1.807) is 4.31 Å². The van der Waals surface area contributed by atoms with Crippen LogP contribution in [-0.2, 0) is 14.8 Å². The van der Waals surface area contributed by atoms with Gasteiger partial charge in [0.15, 0.2) is 0 Å². The van der Waals surface area contributed by atoms with Crippen LogP contribution in [0.3, 0.4) is 0 Å². The molecule has 1 saturated carbocycles. The van der Waals surface area contributed by atoms with Crippen LogP contribution >= 0.6 is 23.2 Å². The fourth-order valence-electron chi connectivity index (χ4n) is 6.56. The zero-order valence-electron chi connectivity index (χ0n) is 21.0. The van der Waals surface area contributed by atoms with E-state index in [2.05, 4.69) is 27.9 Å². The number of halogens is 2. The summed E-state index contributed by atoms with van der Waals surface area (Å²) >= 11 is 12.8. The molecule has 4 fully saturated rings. The SMILES string of the molecule is C[C@@H](OC1CCC2NNC(c3ccc(N4CC5(C4)CN(S(C)(=O)=O)C5)nc3)C2C1)c1c(Cl)cccc1Cl. The van der Waals surface area contributed by atoms with Crippen molar-refractivity contribution in [1.29, 1.82) is 0 Å². The number of hydrogen-bond acceptors (Lipinski definition) is 7. The van der Waals surface area contributed by atoms with Crippen LogP contribution < -0.4 is 15.8 Å². The summed E-state index contributed by atoms with van der Waals surface area (Å²) in [6.07, 6.45) is 6.17. The molecular formula is C26H33Cl2N5O3S. The van der Waals surface area contributed by atoms with Crippen LogP contribution in [-0.4, -0.2) is 62.3 Å². The number of nitrogens with one attached hydrogen (secondary N) is 2. The van der Waals surface area contributed by atoms with Gasteiger partial charge in [0.05, 0.1) is 24.5 Å². The summed E-state index contributed by atoms with van der Waals surface area (Å²) in [7, 11) is -3.08. The van der Waals surface area contributed by atoms with Crippen LogP contribution in [0.5, 0.6) is 0 Å². The van der Waals surface area contributed by atoms with Crippen LogP contribution in [0.4, 0.5) is 5.82 Å². The van der Waals surface area contributed by atoms with Crippen molar-refractivity contribution in [2.45, 2.75) is 50.5 Å². The molecule has 2 aromatic rings. The van der Waals surface area contributed by atoms with Gasteiger partial charge >= 0.3 is 0 Å². The standard InChI is InChI=1S/C26H33Cl2N5O3S/c1-16(24-20(27)4-3-5-21(24)28)36-18-7-8-22-19(10-18)25(31-30-22)17-6-9-23(29-11-17)32-12-26(13-32)14-33(15-26)37(2,34)35/h3-6,9,11,16,18-19,22,25,30-31H,7-8,10,12-15H2,1-2H3/t16-,18?,19?,22?,25?/m1/s1. The molecule has 37 heavy (non-hydrogen) atoms. The van der Waals surface area contributed by atoms with E-state index in [0.717, 1.165) is 49.3 Å². The van der Waals surface area contributed by atoms with Crippen LogP contribution in [0.25, 0.3) is 0 Å². The van der Waals surface area contributed by atoms with E-state index in [9.17, 15) is 8.42 Å². The Kier molecular flexibility index (Phi) is 6.71. The molecule has 6 rings (SSSR count). The highest BCUT2D eigenvalue weighted by molar-refractivity contribution is 7.88. The van der Waals surface area contributed by atoms with Crippen LogP contribution in [0.15, 0.2) is 36.5 Å².